The molecule has 7 nitrogen and oxygen atoms in total. The summed E-state index contributed by atoms with van der Waals surface area (Å²) in [5, 5.41) is 3.64. The second-order valence-electron chi connectivity index (χ2n) is 9.88. The van der Waals surface area contributed by atoms with E-state index in [1.54, 1.807) is 11.2 Å². The number of piperidine rings is 2. The lowest BCUT2D eigenvalue weighted by atomic mass is 9.79. The number of hydrogen-bond acceptors (Lipinski definition) is 5. The van der Waals surface area contributed by atoms with Gasteiger partial charge in [-0.15, -0.1) is 0 Å². The van der Waals surface area contributed by atoms with Crippen LogP contribution >= 0.6 is 0 Å². The van der Waals surface area contributed by atoms with Crippen molar-refractivity contribution >= 4 is 16.2 Å². The van der Waals surface area contributed by atoms with E-state index in [9.17, 15) is 13.2 Å². The third-order valence-electron chi connectivity index (χ3n) is 5.93. The monoisotopic (exact) mass is 431 g/mol. The molecule has 2 aliphatic heterocycles. The summed E-state index contributed by atoms with van der Waals surface area (Å²) in [5.41, 5.74) is -0.274. The Labute approximate surface area is 177 Å². The predicted molar refractivity (Wildman–Crippen MR) is 116 cm³/mol. The Kier molecular flexibility index (Phi) is 8.15. The summed E-state index contributed by atoms with van der Waals surface area (Å²) in [6.45, 7) is 14.0. The van der Waals surface area contributed by atoms with Gasteiger partial charge in [0.2, 0.25) is 0 Å². The molecule has 29 heavy (non-hydrogen) atoms. The van der Waals surface area contributed by atoms with E-state index in [0.29, 0.717) is 32.5 Å². The smallest absolute Gasteiger partial charge is 0.310 e. The first-order valence-corrected chi connectivity index (χ1v) is 12.5. The van der Waals surface area contributed by atoms with Crippen LogP contribution in [0.5, 0.6) is 0 Å². The van der Waals surface area contributed by atoms with Crippen LogP contribution < -0.4 is 5.32 Å². The van der Waals surface area contributed by atoms with E-state index in [1.807, 2.05) is 0 Å². The molecule has 170 valence electrons. The molecule has 0 radical (unpaired) electrons. The van der Waals surface area contributed by atoms with Gasteiger partial charge in [0.25, 0.3) is 10.2 Å². The van der Waals surface area contributed by atoms with Crippen molar-refractivity contribution in [2.75, 3.05) is 26.2 Å². The second kappa shape index (κ2) is 9.62. The zero-order chi connectivity index (χ0) is 21.9. The maximum Gasteiger partial charge on any atom is 0.310 e. The Bertz CT molecular complexity index is 647. The second-order valence-corrected chi connectivity index (χ2v) is 11.8. The number of nitrogens with zero attached hydrogens (tertiary/aromatic N) is 2. The number of hydrogen-bond donors (Lipinski definition) is 1. The quantitative estimate of drug-likeness (QED) is 0.598. The first kappa shape index (κ1) is 24.6. The molecule has 0 bridgehead atoms. The van der Waals surface area contributed by atoms with Crippen LogP contribution in [0.25, 0.3) is 0 Å². The molecule has 2 saturated heterocycles. The number of nitrogens with one attached hydrogen (secondary N) is 1. The van der Waals surface area contributed by atoms with Crippen molar-refractivity contribution in [2.45, 2.75) is 97.2 Å². The van der Waals surface area contributed by atoms with E-state index in [-0.39, 0.29) is 35.6 Å². The van der Waals surface area contributed by atoms with Gasteiger partial charge in [-0.1, -0.05) is 13.3 Å². The fraction of sp³-hybridized carbons (Fsp3) is 0.952. The molecule has 0 aromatic rings. The van der Waals surface area contributed by atoms with Crippen molar-refractivity contribution in [3.05, 3.63) is 0 Å². The largest absolute Gasteiger partial charge is 0.466 e. The first-order chi connectivity index (χ1) is 13.4. The van der Waals surface area contributed by atoms with E-state index in [4.69, 9.17) is 4.74 Å². The van der Waals surface area contributed by atoms with Gasteiger partial charge in [-0.3, -0.25) is 4.79 Å². The highest BCUT2D eigenvalue weighted by atomic mass is 32.2. The molecule has 2 heterocycles. The molecular formula is C21H41N3O4S. The Morgan fingerprint density at radius 1 is 1.17 bits per heavy atom. The van der Waals surface area contributed by atoms with E-state index >= 15 is 0 Å². The maximum atomic E-state index is 13.7. The van der Waals surface area contributed by atoms with Gasteiger partial charge in [0.1, 0.15) is 0 Å². The minimum absolute atomic E-state index is 0.0548. The van der Waals surface area contributed by atoms with Gasteiger partial charge in [0.15, 0.2) is 0 Å². The molecule has 0 aromatic carbocycles. The average molecular weight is 432 g/mol. The molecule has 1 atom stereocenters. The highest BCUT2D eigenvalue weighted by molar-refractivity contribution is 7.86. The summed E-state index contributed by atoms with van der Waals surface area (Å²) < 4.78 is 35.8. The van der Waals surface area contributed by atoms with Crippen LogP contribution in [0, 0.1) is 5.92 Å². The van der Waals surface area contributed by atoms with Gasteiger partial charge in [-0.25, -0.2) is 0 Å². The highest BCUT2D eigenvalue weighted by Gasteiger charge is 2.45. The summed E-state index contributed by atoms with van der Waals surface area (Å²) in [6.07, 6.45) is 4.69. The van der Waals surface area contributed by atoms with Gasteiger partial charge in [-0.2, -0.15) is 17.0 Å². The molecule has 0 aliphatic carbocycles. The summed E-state index contributed by atoms with van der Waals surface area (Å²) >= 11 is 0. The van der Waals surface area contributed by atoms with Crippen molar-refractivity contribution in [2.24, 2.45) is 5.92 Å². The molecule has 0 aromatic heterocycles. The van der Waals surface area contributed by atoms with Crippen LogP contribution in [0.3, 0.4) is 0 Å². The van der Waals surface area contributed by atoms with Crippen molar-refractivity contribution in [3.8, 4) is 0 Å². The lowest BCUT2D eigenvalue weighted by molar-refractivity contribution is -0.149. The maximum absolute atomic E-state index is 13.7. The average Bonchev–Trinajstić information content (AvgIpc) is 2.59. The Hall–Kier alpha value is -0.700. The lowest BCUT2D eigenvalue weighted by Gasteiger charge is -2.50. The van der Waals surface area contributed by atoms with Gasteiger partial charge < -0.3 is 10.1 Å². The summed E-state index contributed by atoms with van der Waals surface area (Å²) in [4.78, 5) is 12.2. The number of rotatable bonds is 8. The summed E-state index contributed by atoms with van der Waals surface area (Å²) in [7, 11) is -3.65. The molecule has 2 fully saturated rings. The Morgan fingerprint density at radius 3 is 2.34 bits per heavy atom. The van der Waals surface area contributed by atoms with Crippen LogP contribution in [0.1, 0.15) is 80.1 Å². The standard InChI is InChI=1S/C21H41N3O4S/c1-7-9-13-24(18-14-20(3,4)22-21(5,6)15-18)29(26,27)23-12-10-11-17(16-23)19(25)28-8-2/h17-18,22H,7-16H2,1-6H3. The van der Waals surface area contributed by atoms with Gasteiger partial charge >= 0.3 is 5.97 Å². The van der Waals surface area contributed by atoms with E-state index in [1.165, 1.54) is 4.31 Å². The number of ether oxygens (including phenoxy) is 1. The Morgan fingerprint density at radius 2 is 1.79 bits per heavy atom. The fourth-order valence-corrected chi connectivity index (χ4v) is 6.94. The van der Waals surface area contributed by atoms with Gasteiger partial charge in [-0.05, 0) is 66.7 Å². The van der Waals surface area contributed by atoms with Crippen molar-refractivity contribution < 1.29 is 17.9 Å². The number of esters is 1. The minimum Gasteiger partial charge on any atom is -0.466 e. The zero-order valence-corrected chi connectivity index (χ0v) is 20.0. The van der Waals surface area contributed by atoms with Crippen LogP contribution in [0.4, 0.5) is 0 Å². The third-order valence-corrected chi connectivity index (χ3v) is 7.99. The molecule has 1 unspecified atom stereocenters. The number of carbonyl (C=O) groups excluding carboxylic acids is 1. The SMILES string of the molecule is CCCCN(C1CC(C)(C)NC(C)(C)C1)S(=O)(=O)N1CCCC(C(=O)OCC)C1. The van der Waals surface area contributed by atoms with Crippen LogP contribution in [-0.2, 0) is 19.7 Å². The van der Waals surface area contributed by atoms with E-state index < -0.39 is 10.2 Å². The molecule has 2 aliphatic rings. The van der Waals surface area contributed by atoms with Crippen LogP contribution in [0.2, 0.25) is 0 Å². The van der Waals surface area contributed by atoms with Gasteiger partial charge in [0, 0.05) is 36.8 Å². The molecule has 0 amide bonds. The molecule has 2 rings (SSSR count). The summed E-state index contributed by atoms with van der Waals surface area (Å²) in [5.74, 6) is -0.649. The highest BCUT2D eigenvalue weighted by Crippen LogP contribution is 2.34. The topological polar surface area (TPSA) is 79.0 Å². The van der Waals surface area contributed by atoms with E-state index in [0.717, 1.165) is 25.7 Å². The van der Waals surface area contributed by atoms with E-state index in [2.05, 4.69) is 39.9 Å². The fourth-order valence-electron chi connectivity index (χ4n) is 5.03. The molecule has 8 heteroatoms. The molecule has 0 spiro atoms. The first-order valence-electron chi connectivity index (χ1n) is 11.1. The number of unbranched alkanes of at least 4 members (excludes halogenated alkanes) is 1. The molecule has 1 N–H and O–H groups in total. The normalized spacial score (nSPS) is 25.8. The van der Waals surface area contributed by atoms with Gasteiger partial charge in [0.05, 0.1) is 12.5 Å². The summed E-state index contributed by atoms with van der Waals surface area (Å²) in [6, 6.07) is -0.0548. The van der Waals surface area contributed by atoms with Crippen LogP contribution in [-0.4, -0.2) is 66.4 Å². The zero-order valence-electron chi connectivity index (χ0n) is 19.2. The molecular weight excluding hydrogens is 390 g/mol. The van der Waals surface area contributed by atoms with Crippen molar-refractivity contribution in [1.29, 1.82) is 0 Å². The van der Waals surface area contributed by atoms with Crippen molar-refractivity contribution in [1.82, 2.24) is 13.9 Å². The Balaban J connectivity index is 2.26. The minimum atomic E-state index is -3.65. The van der Waals surface area contributed by atoms with Crippen LogP contribution in [0.15, 0.2) is 0 Å². The lowest BCUT2D eigenvalue weighted by Crippen LogP contribution is -2.64. The van der Waals surface area contributed by atoms with Crippen molar-refractivity contribution in [3.63, 3.8) is 0 Å². The predicted octanol–water partition coefficient (Wildman–Crippen LogP) is 2.92. The number of carbonyl (C=O) groups is 1. The molecule has 0 saturated carbocycles. The third kappa shape index (κ3) is 6.39.